The molecule has 4 nitrogen and oxygen atoms in total. The van der Waals surface area contributed by atoms with E-state index in [1.54, 1.807) is 0 Å². The molecule has 2 aliphatic rings. The van der Waals surface area contributed by atoms with E-state index in [0.717, 1.165) is 50.3 Å². The summed E-state index contributed by atoms with van der Waals surface area (Å²) in [5, 5.41) is 19.7. The second-order valence-corrected chi connectivity index (χ2v) is 6.16. The highest BCUT2D eigenvalue weighted by atomic mass is 16.3. The van der Waals surface area contributed by atoms with Gasteiger partial charge in [-0.15, -0.1) is 0 Å². The van der Waals surface area contributed by atoms with Crippen LogP contribution in [-0.2, 0) is 0 Å². The molecule has 2 fully saturated rings. The Morgan fingerprint density at radius 1 is 1.40 bits per heavy atom. The molecule has 106 valence electrons. The molecule has 3 rings (SSSR count). The molecule has 1 saturated carbocycles. The van der Waals surface area contributed by atoms with Gasteiger partial charge >= 0.3 is 0 Å². The minimum atomic E-state index is -0.448. The summed E-state index contributed by atoms with van der Waals surface area (Å²) >= 11 is 0. The van der Waals surface area contributed by atoms with Gasteiger partial charge in [0, 0.05) is 19.0 Å². The fourth-order valence-corrected chi connectivity index (χ4v) is 3.62. The molecular formula is C16H21N3O. The summed E-state index contributed by atoms with van der Waals surface area (Å²) in [5.41, 5.74) is 0.977. The molecule has 2 heterocycles. The van der Waals surface area contributed by atoms with Crippen LogP contribution in [0.3, 0.4) is 0 Å². The van der Waals surface area contributed by atoms with E-state index in [9.17, 15) is 5.11 Å². The van der Waals surface area contributed by atoms with Crippen molar-refractivity contribution in [3.05, 3.63) is 23.4 Å². The second kappa shape index (κ2) is 5.06. The first kappa shape index (κ1) is 13.4. The smallest absolute Gasteiger partial charge is 0.128 e. The molecule has 0 amide bonds. The Labute approximate surface area is 120 Å². The molecule has 1 aromatic rings. The molecule has 0 bridgehead atoms. The van der Waals surface area contributed by atoms with Crippen molar-refractivity contribution in [2.75, 3.05) is 18.0 Å². The van der Waals surface area contributed by atoms with Gasteiger partial charge in [0.1, 0.15) is 11.9 Å². The highest BCUT2D eigenvalue weighted by Gasteiger charge is 2.42. The quantitative estimate of drug-likeness (QED) is 0.852. The number of aliphatic hydroxyl groups is 1. The van der Waals surface area contributed by atoms with Gasteiger partial charge in [-0.2, -0.15) is 5.26 Å². The van der Waals surface area contributed by atoms with Crippen LogP contribution in [0.25, 0.3) is 0 Å². The highest BCUT2D eigenvalue weighted by Crippen LogP contribution is 2.40. The largest absolute Gasteiger partial charge is 0.389 e. The van der Waals surface area contributed by atoms with E-state index in [-0.39, 0.29) is 0 Å². The van der Waals surface area contributed by atoms with Crippen LogP contribution in [0.5, 0.6) is 0 Å². The first-order valence-electron chi connectivity index (χ1n) is 7.47. The molecule has 1 aromatic heterocycles. The number of nitriles is 1. The van der Waals surface area contributed by atoms with Gasteiger partial charge in [-0.25, -0.2) is 4.98 Å². The maximum Gasteiger partial charge on any atom is 0.128 e. The molecule has 20 heavy (non-hydrogen) atoms. The maximum atomic E-state index is 10.7. The van der Waals surface area contributed by atoms with Gasteiger partial charge < -0.3 is 10.0 Å². The van der Waals surface area contributed by atoms with Crippen LogP contribution >= 0.6 is 0 Å². The van der Waals surface area contributed by atoms with E-state index in [2.05, 4.69) is 16.0 Å². The number of aromatic nitrogens is 1. The third-order valence-electron chi connectivity index (χ3n) is 4.94. The van der Waals surface area contributed by atoms with Crippen molar-refractivity contribution < 1.29 is 5.11 Å². The minimum Gasteiger partial charge on any atom is -0.389 e. The monoisotopic (exact) mass is 271 g/mol. The molecule has 1 aliphatic carbocycles. The number of anilines is 1. The highest BCUT2D eigenvalue weighted by molar-refractivity contribution is 5.45. The molecule has 1 aliphatic heterocycles. The molecule has 4 heteroatoms. The summed E-state index contributed by atoms with van der Waals surface area (Å²) in [6.45, 7) is 3.61. The van der Waals surface area contributed by atoms with Crippen LogP contribution in [0.1, 0.15) is 43.4 Å². The number of aryl methyl sites for hydroxylation is 1. The van der Waals surface area contributed by atoms with E-state index in [1.165, 1.54) is 6.42 Å². The topological polar surface area (TPSA) is 60.1 Å². The average Bonchev–Trinajstić information content (AvgIpc) is 2.46. The number of rotatable bonds is 1. The second-order valence-electron chi connectivity index (χ2n) is 6.16. The molecule has 1 N–H and O–H groups in total. The molecule has 0 spiro atoms. The van der Waals surface area contributed by atoms with Crippen LogP contribution < -0.4 is 4.90 Å². The first-order valence-corrected chi connectivity index (χ1v) is 7.47. The lowest BCUT2D eigenvalue weighted by Crippen LogP contribution is -2.53. The number of pyridine rings is 1. The lowest BCUT2D eigenvalue weighted by Gasteiger charge is -2.47. The standard InChI is InChI=1S/C16H21N3O/c1-12-13(10-17)5-6-15(18-12)19-9-8-16(20)7-3-2-4-14(16)11-19/h5-6,14,20H,2-4,7-9,11H2,1H3. The van der Waals surface area contributed by atoms with Gasteiger partial charge in [0.2, 0.25) is 0 Å². The molecule has 2 unspecified atom stereocenters. The zero-order valence-corrected chi connectivity index (χ0v) is 12.0. The first-order chi connectivity index (χ1) is 9.62. The molecule has 0 radical (unpaired) electrons. The summed E-state index contributed by atoms with van der Waals surface area (Å²) in [4.78, 5) is 6.81. The number of fused-ring (bicyclic) bond motifs is 1. The Morgan fingerprint density at radius 3 is 3.00 bits per heavy atom. The van der Waals surface area contributed by atoms with Gasteiger partial charge in [0.25, 0.3) is 0 Å². The Kier molecular flexibility index (Phi) is 3.39. The van der Waals surface area contributed by atoms with Gasteiger partial charge in [0.15, 0.2) is 0 Å². The Hall–Kier alpha value is -1.60. The van der Waals surface area contributed by atoms with E-state index in [1.807, 2.05) is 19.1 Å². The van der Waals surface area contributed by atoms with E-state index >= 15 is 0 Å². The van der Waals surface area contributed by atoms with Crippen molar-refractivity contribution in [2.24, 2.45) is 5.92 Å². The molecule has 2 atom stereocenters. The summed E-state index contributed by atoms with van der Waals surface area (Å²) in [6, 6.07) is 5.93. The fraction of sp³-hybridized carbons (Fsp3) is 0.625. The van der Waals surface area contributed by atoms with Crippen molar-refractivity contribution >= 4 is 5.82 Å². The van der Waals surface area contributed by atoms with Crippen LogP contribution in [0.2, 0.25) is 0 Å². The summed E-state index contributed by atoms with van der Waals surface area (Å²) in [5.74, 6) is 1.30. The summed E-state index contributed by atoms with van der Waals surface area (Å²) in [6.07, 6.45) is 5.27. The zero-order chi connectivity index (χ0) is 14.2. The fourth-order valence-electron chi connectivity index (χ4n) is 3.62. The Bertz CT molecular complexity index is 551. The van der Waals surface area contributed by atoms with Crippen LogP contribution in [0.4, 0.5) is 5.82 Å². The lowest BCUT2D eigenvalue weighted by atomic mass is 9.71. The van der Waals surface area contributed by atoms with Crippen LogP contribution in [0, 0.1) is 24.2 Å². The SMILES string of the molecule is Cc1nc(N2CCC3(O)CCCCC3C2)ccc1C#N. The van der Waals surface area contributed by atoms with E-state index in [0.29, 0.717) is 11.5 Å². The number of nitrogens with zero attached hydrogens (tertiary/aromatic N) is 3. The van der Waals surface area contributed by atoms with Crippen molar-refractivity contribution in [1.82, 2.24) is 4.98 Å². The van der Waals surface area contributed by atoms with Gasteiger partial charge in [-0.05, 0) is 38.3 Å². The van der Waals surface area contributed by atoms with E-state index in [4.69, 9.17) is 5.26 Å². The molecule has 1 saturated heterocycles. The summed E-state index contributed by atoms with van der Waals surface area (Å²) in [7, 11) is 0. The molecular weight excluding hydrogens is 250 g/mol. The Balaban J connectivity index is 1.79. The minimum absolute atomic E-state index is 0.364. The van der Waals surface area contributed by atoms with E-state index < -0.39 is 5.60 Å². The van der Waals surface area contributed by atoms with Crippen molar-refractivity contribution in [1.29, 1.82) is 5.26 Å². The predicted molar refractivity (Wildman–Crippen MR) is 77.4 cm³/mol. The van der Waals surface area contributed by atoms with Crippen LogP contribution in [0.15, 0.2) is 12.1 Å². The number of hydrogen-bond acceptors (Lipinski definition) is 4. The number of piperidine rings is 1. The summed E-state index contributed by atoms with van der Waals surface area (Å²) < 4.78 is 0. The zero-order valence-electron chi connectivity index (χ0n) is 12.0. The predicted octanol–water partition coefficient (Wildman–Crippen LogP) is 2.39. The van der Waals surface area contributed by atoms with Crippen molar-refractivity contribution in [2.45, 2.75) is 44.6 Å². The lowest BCUT2D eigenvalue weighted by molar-refractivity contribution is -0.0613. The van der Waals surface area contributed by atoms with Gasteiger partial charge in [0.05, 0.1) is 16.9 Å². The van der Waals surface area contributed by atoms with Crippen molar-refractivity contribution in [3.63, 3.8) is 0 Å². The third kappa shape index (κ3) is 2.27. The Morgan fingerprint density at radius 2 is 2.25 bits per heavy atom. The third-order valence-corrected chi connectivity index (χ3v) is 4.94. The average molecular weight is 271 g/mol. The van der Waals surface area contributed by atoms with Crippen LogP contribution in [-0.4, -0.2) is 28.8 Å². The number of hydrogen-bond donors (Lipinski definition) is 1. The van der Waals surface area contributed by atoms with Crippen molar-refractivity contribution in [3.8, 4) is 6.07 Å². The molecule has 0 aromatic carbocycles. The van der Waals surface area contributed by atoms with Gasteiger partial charge in [-0.1, -0.05) is 12.8 Å². The maximum absolute atomic E-state index is 10.7. The van der Waals surface area contributed by atoms with Gasteiger partial charge in [-0.3, -0.25) is 0 Å². The normalized spacial score (nSPS) is 29.6.